The van der Waals surface area contributed by atoms with Gasteiger partial charge in [0.1, 0.15) is 0 Å². The van der Waals surface area contributed by atoms with Crippen LogP contribution in [0.1, 0.15) is 52.4 Å². The van der Waals surface area contributed by atoms with Crippen molar-refractivity contribution in [3.05, 3.63) is 12.2 Å². The average molecular weight is 166 g/mol. The zero-order valence-electron chi connectivity index (χ0n) is 8.60. The third kappa shape index (κ3) is 2.36. The van der Waals surface area contributed by atoms with Gasteiger partial charge >= 0.3 is 0 Å². The van der Waals surface area contributed by atoms with Gasteiger partial charge in [0.15, 0.2) is 0 Å². The molecule has 2 atom stereocenters. The lowest BCUT2D eigenvalue weighted by molar-refractivity contribution is 0.464. The van der Waals surface area contributed by atoms with Crippen molar-refractivity contribution in [1.82, 2.24) is 0 Å². The van der Waals surface area contributed by atoms with Gasteiger partial charge in [0.2, 0.25) is 0 Å². The predicted octanol–water partition coefficient (Wildman–Crippen LogP) is 4.17. The highest BCUT2D eigenvalue weighted by atomic mass is 14.3. The highest BCUT2D eigenvalue weighted by molar-refractivity contribution is 5.04. The molecule has 0 aromatic rings. The fourth-order valence-corrected chi connectivity index (χ4v) is 2.34. The molecule has 1 fully saturated rings. The summed E-state index contributed by atoms with van der Waals surface area (Å²) in [7, 11) is 0. The smallest absolute Gasteiger partial charge is 0.0180 e. The van der Waals surface area contributed by atoms with Gasteiger partial charge < -0.3 is 0 Å². The summed E-state index contributed by atoms with van der Waals surface area (Å²) in [6, 6.07) is 0. The van der Waals surface area contributed by atoms with E-state index in [4.69, 9.17) is 0 Å². The van der Waals surface area contributed by atoms with Crippen molar-refractivity contribution in [2.24, 2.45) is 11.8 Å². The van der Waals surface area contributed by atoms with E-state index in [1.54, 1.807) is 0 Å². The topological polar surface area (TPSA) is 0 Å². The van der Waals surface area contributed by atoms with E-state index in [-0.39, 0.29) is 0 Å². The first-order valence-electron chi connectivity index (χ1n) is 5.43. The van der Waals surface area contributed by atoms with Crippen LogP contribution < -0.4 is 0 Å². The van der Waals surface area contributed by atoms with Crippen LogP contribution in [0.3, 0.4) is 0 Å². The summed E-state index contributed by atoms with van der Waals surface area (Å²) < 4.78 is 0. The first-order chi connectivity index (χ1) is 5.75. The van der Waals surface area contributed by atoms with E-state index in [0.29, 0.717) is 0 Å². The summed E-state index contributed by atoms with van der Waals surface area (Å²) in [6.45, 7) is 8.86. The molecule has 0 heteroatoms. The highest BCUT2D eigenvalue weighted by Crippen LogP contribution is 2.37. The van der Waals surface area contributed by atoms with E-state index in [1.165, 1.54) is 44.1 Å². The van der Waals surface area contributed by atoms with Gasteiger partial charge in [-0.25, -0.2) is 0 Å². The molecule has 1 rings (SSSR count). The minimum atomic E-state index is 0.858. The second-order valence-electron chi connectivity index (χ2n) is 4.28. The number of hydrogen-bond acceptors (Lipinski definition) is 0. The minimum absolute atomic E-state index is 0.858. The van der Waals surface area contributed by atoms with Crippen LogP contribution in [0.15, 0.2) is 12.2 Å². The molecule has 0 aliphatic heterocycles. The van der Waals surface area contributed by atoms with Gasteiger partial charge in [0.05, 0.1) is 0 Å². The lowest BCUT2D eigenvalue weighted by Gasteiger charge is -2.17. The first-order valence-corrected chi connectivity index (χ1v) is 5.43. The molecular weight excluding hydrogens is 144 g/mol. The van der Waals surface area contributed by atoms with E-state index < -0.39 is 0 Å². The normalized spacial score (nSPS) is 29.2. The second kappa shape index (κ2) is 4.69. The van der Waals surface area contributed by atoms with Crippen molar-refractivity contribution >= 4 is 0 Å². The van der Waals surface area contributed by atoms with E-state index in [1.807, 2.05) is 0 Å². The average Bonchev–Trinajstić information content (AvgIpc) is 2.47. The highest BCUT2D eigenvalue weighted by Gasteiger charge is 2.24. The molecule has 0 bridgehead atoms. The van der Waals surface area contributed by atoms with Crippen molar-refractivity contribution in [2.75, 3.05) is 0 Å². The summed E-state index contributed by atoms with van der Waals surface area (Å²) in [5, 5.41) is 0. The maximum absolute atomic E-state index is 4.22. The molecular formula is C12H22. The van der Waals surface area contributed by atoms with E-state index in [0.717, 1.165) is 11.8 Å². The van der Waals surface area contributed by atoms with Gasteiger partial charge in [0.25, 0.3) is 0 Å². The van der Waals surface area contributed by atoms with Gasteiger partial charge in [-0.05, 0) is 31.1 Å². The maximum Gasteiger partial charge on any atom is -0.0180 e. The van der Waals surface area contributed by atoms with Crippen LogP contribution in [0.2, 0.25) is 0 Å². The minimum Gasteiger partial charge on any atom is -0.0996 e. The number of rotatable bonds is 4. The fourth-order valence-electron chi connectivity index (χ4n) is 2.34. The predicted molar refractivity (Wildman–Crippen MR) is 55.2 cm³/mol. The number of unbranched alkanes of at least 4 members (excludes halogenated alkanes) is 1. The molecule has 70 valence electrons. The van der Waals surface area contributed by atoms with E-state index in [9.17, 15) is 0 Å². The molecule has 0 spiro atoms. The summed E-state index contributed by atoms with van der Waals surface area (Å²) in [4.78, 5) is 0. The molecule has 0 nitrogen and oxygen atoms in total. The van der Waals surface area contributed by atoms with Gasteiger partial charge in [-0.2, -0.15) is 0 Å². The third-order valence-corrected chi connectivity index (χ3v) is 3.24. The molecule has 0 aromatic heterocycles. The molecule has 1 aliphatic rings. The molecule has 0 amide bonds. The fraction of sp³-hybridized carbons (Fsp3) is 0.833. The van der Waals surface area contributed by atoms with Crippen molar-refractivity contribution in [1.29, 1.82) is 0 Å². The van der Waals surface area contributed by atoms with Crippen LogP contribution in [0.4, 0.5) is 0 Å². The van der Waals surface area contributed by atoms with Crippen LogP contribution in [0.5, 0.6) is 0 Å². The number of allylic oxidation sites excluding steroid dienone is 1. The molecule has 1 unspecified atom stereocenters. The lowest BCUT2D eigenvalue weighted by atomic mass is 9.88. The maximum atomic E-state index is 4.22. The Balaban J connectivity index is 2.30. The Morgan fingerprint density at radius 2 is 2.17 bits per heavy atom. The summed E-state index contributed by atoms with van der Waals surface area (Å²) >= 11 is 0. The molecule has 0 aromatic carbocycles. The first kappa shape index (κ1) is 9.83. The standard InChI is InChI=1S/C12H22/c1-4-5-7-10(2)12-9-6-8-11(12)3/h11-12H,2,4-9H2,1,3H3/t11?,12-/m1/s1. The molecule has 0 N–H and O–H groups in total. The van der Waals surface area contributed by atoms with Crippen LogP contribution in [0.25, 0.3) is 0 Å². The van der Waals surface area contributed by atoms with Gasteiger partial charge in [0, 0.05) is 0 Å². The van der Waals surface area contributed by atoms with E-state index >= 15 is 0 Å². The number of hydrogen-bond donors (Lipinski definition) is 0. The van der Waals surface area contributed by atoms with Crippen LogP contribution >= 0.6 is 0 Å². The Morgan fingerprint density at radius 1 is 1.42 bits per heavy atom. The molecule has 12 heavy (non-hydrogen) atoms. The zero-order chi connectivity index (χ0) is 8.97. The van der Waals surface area contributed by atoms with Gasteiger partial charge in [-0.15, -0.1) is 0 Å². The lowest BCUT2D eigenvalue weighted by Crippen LogP contribution is -2.06. The molecule has 0 radical (unpaired) electrons. The summed E-state index contributed by atoms with van der Waals surface area (Å²) in [6.07, 6.45) is 8.17. The second-order valence-corrected chi connectivity index (χ2v) is 4.28. The van der Waals surface area contributed by atoms with Crippen molar-refractivity contribution < 1.29 is 0 Å². The van der Waals surface area contributed by atoms with Crippen LogP contribution in [0, 0.1) is 11.8 Å². The Labute approximate surface area is 77.1 Å². The molecule has 0 saturated heterocycles. The van der Waals surface area contributed by atoms with Gasteiger partial charge in [-0.1, -0.05) is 45.3 Å². The zero-order valence-corrected chi connectivity index (χ0v) is 8.60. The van der Waals surface area contributed by atoms with Gasteiger partial charge in [-0.3, -0.25) is 0 Å². The third-order valence-electron chi connectivity index (χ3n) is 3.24. The Morgan fingerprint density at radius 3 is 2.67 bits per heavy atom. The Kier molecular flexibility index (Phi) is 3.84. The van der Waals surface area contributed by atoms with E-state index in [2.05, 4.69) is 20.4 Å². The van der Waals surface area contributed by atoms with Crippen molar-refractivity contribution in [3.8, 4) is 0 Å². The molecule has 0 heterocycles. The largest absolute Gasteiger partial charge is 0.0996 e. The monoisotopic (exact) mass is 166 g/mol. The SMILES string of the molecule is C=C(CCCC)[C@H]1CCCC1C. The van der Waals surface area contributed by atoms with Crippen LogP contribution in [-0.4, -0.2) is 0 Å². The van der Waals surface area contributed by atoms with Crippen molar-refractivity contribution in [2.45, 2.75) is 52.4 Å². The van der Waals surface area contributed by atoms with Crippen molar-refractivity contribution in [3.63, 3.8) is 0 Å². The Bertz CT molecular complexity index is 146. The quantitative estimate of drug-likeness (QED) is 0.550. The molecule has 1 saturated carbocycles. The Hall–Kier alpha value is -0.260. The summed E-state index contributed by atoms with van der Waals surface area (Å²) in [5.41, 5.74) is 1.53. The summed E-state index contributed by atoms with van der Waals surface area (Å²) in [5.74, 6) is 1.77. The molecule has 1 aliphatic carbocycles. The van der Waals surface area contributed by atoms with Crippen LogP contribution in [-0.2, 0) is 0 Å².